The molecule has 0 aliphatic heterocycles. The summed E-state index contributed by atoms with van der Waals surface area (Å²) >= 11 is 9.42. The number of carboxylic acid groups (broad SMARTS) is 1. The third-order valence-electron chi connectivity index (χ3n) is 3.39. The predicted molar refractivity (Wildman–Crippen MR) is 102 cm³/mol. The summed E-state index contributed by atoms with van der Waals surface area (Å²) in [5.74, 6) is 0.292. The van der Waals surface area contributed by atoms with Crippen molar-refractivity contribution in [3.8, 4) is 11.5 Å². The van der Waals surface area contributed by atoms with Crippen LogP contribution in [0.4, 0.5) is 5.69 Å². The fourth-order valence-corrected chi connectivity index (χ4v) is 2.91. The Morgan fingerprint density at radius 1 is 1.16 bits per heavy atom. The van der Waals surface area contributed by atoms with Crippen LogP contribution in [0.3, 0.4) is 0 Å². The average Bonchev–Trinajstić information content (AvgIpc) is 2.57. The van der Waals surface area contributed by atoms with Crippen LogP contribution in [0.15, 0.2) is 34.8 Å². The predicted octanol–water partition coefficient (Wildman–Crippen LogP) is 5.21. The molecule has 134 valence electrons. The second-order valence-electron chi connectivity index (χ2n) is 5.11. The number of aromatic carboxylic acids is 1. The summed E-state index contributed by atoms with van der Waals surface area (Å²) in [6, 6.07) is 8.58. The second kappa shape index (κ2) is 8.97. The van der Waals surface area contributed by atoms with Gasteiger partial charge in [0.05, 0.1) is 23.8 Å². The molecule has 2 N–H and O–H groups in total. The first-order valence-corrected chi connectivity index (χ1v) is 8.98. The van der Waals surface area contributed by atoms with E-state index < -0.39 is 5.97 Å². The third kappa shape index (κ3) is 5.03. The molecule has 2 aromatic rings. The molecule has 0 aliphatic carbocycles. The fourth-order valence-electron chi connectivity index (χ4n) is 2.25. The summed E-state index contributed by atoms with van der Waals surface area (Å²) in [4.78, 5) is 11.2. The number of carbonyl (C=O) groups is 1. The molecule has 0 unspecified atom stereocenters. The molecule has 25 heavy (non-hydrogen) atoms. The zero-order chi connectivity index (χ0) is 18.4. The molecule has 0 saturated carbocycles. The maximum absolute atomic E-state index is 11.2. The molecule has 0 spiro atoms. The Balaban J connectivity index is 2.21. The van der Waals surface area contributed by atoms with Crippen molar-refractivity contribution in [1.82, 2.24) is 0 Å². The Morgan fingerprint density at radius 3 is 2.40 bits per heavy atom. The molecule has 0 saturated heterocycles. The van der Waals surface area contributed by atoms with E-state index in [0.29, 0.717) is 36.9 Å². The molecular weight excluding hydrogens is 410 g/mol. The van der Waals surface area contributed by atoms with Gasteiger partial charge in [0.15, 0.2) is 11.5 Å². The van der Waals surface area contributed by atoms with Gasteiger partial charge in [0.25, 0.3) is 0 Å². The molecule has 0 fully saturated rings. The lowest BCUT2D eigenvalue weighted by Crippen LogP contribution is -2.05. The second-order valence-corrected chi connectivity index (χ2v) is 6.37. The smallest absolute Gasteiger partial charge is 0.337 e. The number of benzene rings is 2. The first-order chi connectivity index (χ1) is 12.0. The molecule has 0 atom stereocenters. The highest BCUT2D eigenvalue weighted by atomic mass is 79.9. The van der Waals surface area contributed by atoms with Crippen LogP contribution in [0.2, 0.25) is 5.02 Å². The molecule has 0 aromatic heterocycles. The van der Waals surface area contributed by atoms with Gasteiger partial charge in [-0.3, -0.25) is 0 Å². The highest BCUT2D eigenvalue weighted by Gasteiger charge is 2.12. The third-order valence-corrected chi connectivity index (χ3v) is 4.46. The Morgan fingerprint density at radius 2 is 1.80 bits per heavy atom. The molecule has 0 amide bonds. The van der Waals surface area contributed by atoms with Crippen LogP contribution in [-0.4, -0.2) is 24.3 Å². The Hall–Kier alpha value is -1.92. The minimum Gasteiger partial charge on any atom is -0.490 e. The van der Waals surface area contributed by atoms with Crippen LogP contribution in [0.5, 0.6) is 11.5 Å². The van der Waals surface area contributed by atoms with E-state index in [-0.39, 0.29) is 10.6 Å². The Labute approximate surface area is 160 Å². The highest BCUT2D eigenvalue weighted by Crippen LogP contribution is 2.34. The van der Waals surface area contributed by atoms with Crippen LogP contribution in [0.1, 0.15) is 29.8 Å². The van der Waals surface area contributed by atoms with E-state index in [9.17, 15) is 4.79 Å². The fraction of sp³-hybridized carbons (Fsp3) is 0.278. The minimum atomic E-state index is -1.06. The average molecular weight is 429 g/mol. The number of rotatable bonds is 8. The Kier molecular flexibility index (Phi) is 6.96. The van der Waals surface area contributed by atoms with Crippen molar-refractivity contribution in [2.24, 2.45) is 0 Å². The maximum atomic E-state index is 11.2. The van der Waals surface area contributed by atoms with E-state index in [1.807, 2.05) is 26.0 Å². The lowest BCUT2D eigenvalue weighted by Gasteiger charge is -2.15. The van der Waals surface area contributed by atoms with E-state index >= 15 is 0 Å². The van der Waals surface area contributed by atoms with Crippen molar-refractivity contribution in [2.75, 3.05) is 18.5 Å². The number of ether oxygens (including phenoxy) is 2. The van der Waals surface area contributed by atoms with Crippen LogP contribution in [0, 0.1) is 0 Å². The molecule has 0 aliphatic rings. The van der Waals surface area contributed by atoms with Crippen molar-refractivity contribution in [3.05, 3.63) is 51.0 Å². The first kappa shape index (κ1) is 19.4. The summed E-state index contributed by atoms with van der Waals surface area (Å²) in [7, 11) is 0. The molecule has 2 rings (SSSR count). The van der Waals surface area contributed by atoms with Gasteiger partial charge in [-0.25, -0.2) is 4.79 Å². The standard InChI is InChI=1S/C18H19BrClNO4/c1-3-24-16-7-11(14(19)9-17(16)25-4-2)10-21-12-5-6-15(20)13(8-12)18(22)23/h5-9,21H,3-4,10H2,1-2H3,(H,22,23). The number of anilines is 1. The van der Waals surface area contributed by atoms with Gasteiger partial charge >= 0.3 is 5.97 Å². The lowest BCUT2D eigenvalue weighted by molar-refractivity contribution is 0.0697. The molecular formula is C18H19BrClNO4. The van der Waals surface area contributed by atoms with Gasteiger partial charge in [0, 0.05) is 16.7 Å². The lowest BCUT2D eigenvalue weighted by atomic mass is 10.1. The van der Waals surface area contributed by atoms with Crippen molar-refractivity contribution in [3.63, 3.8) is 0 Å². The van der Waals surface area contributed by atoms with E-state index in [2.05, 4.69) is 21.2 Å². The summed E-state index contributed by atoms with van der Waals surface area (Å²) in [5.41, 5.74) is 1.69. The summed E-state index contributed by atoms with van der Waals surface area (Å²) in [6.07, 6.45) is 0. The number of hydrogen-bond donors (Lipinski definition) is 2. The van der Waals surface area contributed by atoms with Gasteiger partial charge in [-0.05, 0) is 49.7 Å². The van der Waals surface area contributed by atoms with Crippen molar-refractivity contribution < 1.29 is 19.4 Å². The summed E-state index contributed by atoms with van der Waals surface area (Å²) < 4.78 is 12.1. The molecule has 7 heteroatoms. The maximum Gasteiger partial charge on any atom is 0.337 e. The largest absolute Gasteiger partial charge is 0.490 e. The number of halogens is 2. The quantitative estimate of drug-likeness (QED) is 0.604. The zero-order valence-electron chi connectivity index (χ0n) is 13.9. The minimum absolute atomic E-state index is 0.0624. The van der Waals surface area contributed by atoms with Crippen molar-refractivity contribution in [1.29, 1.82) is 0 Å². The molecule has 5 nitrogen and oxygen atoms in total. The van der Waals surface area contributed by atoms with Gasteiger partial charge in [-0.1, -0.05) is 27.5 Å². The van der Waals surface area contributed by atoms with E-state index in [1.54, 1.807) is 12.1 Å². The van der Waals surface area contributed by atoms with Crippen molar-refractivity contribution in [2.45, 2.75) is 20.4 Å². The molecule has 0 radical (unpaired) electrons. The monoisotopic (exact) mass is 427 g/mol. The van der Waals surface area contributed by atoms with E-state index in [0.717, 1.165) is 10.0 Å². The highest BCUT2D eigenvalue weighted by molar-refractivity contribution is 9.10. The molecule has 2 aromatic carbocycles. The van der Waals surface area contributed by atoms with Crippen LogP contribution >= 0.6 is 27.5 Å². The first-order valence-electron chi connectivity index (χ1n) is 7.81. The SMILES string of the molecule is CCOc1cc(Br)c(CNc2ccc(Cl)c(C(=O)O)c2)cc1OCC. The van der Waals surface area contributed by atoms with E-state index in [1.165, 1.54) is 6.07 Å². The normalized spacial score (nSPS) is 10.4. The van der Waals surface area contributed by atoms with Gasteiger partial charge < -0.3 is 19.9 Å². The molecule has 0 bridgehead atoms. The van der Waals surface area contributed by atoms with Crippen molar-refractivity contribution >= 4 is 39.2 Å². The number of nitrogens with one attached hydrogen (secondary N) is 1. The summed E-state index contributed by atoms with van der Waals surface area (Å²) in [5, 5.41) is 12.5. The van der Waals surface area contributed by atoms with E-state index in [4.69, 9.17) is 26.2 Å². The summed E-state index contributed by atoms with van der Waals surface area (Å²) in [6.45, 7) is 5.39. The van der Waals surface area contributed by atoms with Crippen LogP contribution in [-0.2, 0) is 6.54 Å². The number of hydrogen-bond acceptors (Lipinski definition) is 4. The molecule has 0 heterocycles. The zero-order valence-corrected chi connectivity index (χ0v) is 16.3. The van der Waals surface area contributed by atoms with Gasteiger partial charge in [-0.15, -0.1) is 0 Å². The van der Waals surface area contributed by atoms with Gasteiger partial charge in [0.1, 0.15) is 0 Å². The van der Waals surface area contributed by atoms with Gasteiger partial charge in [0.2, 0.25) is 0 Å². The Bertz CT molecular complexity index is 767. The van der Waals surface area contributed by atoms with Crippen LogP contribution in [0.25, 0.3) is 0 Å². The van der Waals surface area contributed by atoms with Crippen LogP contribution < -0.4 is 14.8 Å². The van der Waals surface area contributed by atoms with Gasteiger partial charge in [-0.2, -0.15) is 0 Å². The topological polar surface area (TPSA) is 67.8 Å². The number of carboxylic acids is 1.